The third-order valence-electron chi connectivity index (χ3n) is 6.67. The molecule has 1 aromatic heterocycles. The number of piperidine rings is 1. The number of aliphatic hydroxyl groups is 1. The van der Waals surface area contributed by atoms with E-state index in [9.17, 15) is 4.79 Å². The molecule has 6 nitrogen and oxygen atoms in total. The molecule has 0 unspecified atom stereocenters. The normalized spacial score (nSPS) is 15.8. The van der Waals surface area contributed by atoms with Crippen LogP contribution in [0, 0.1) is 12.8 Å². The Balaban J connectivity index is 1.38. The largest absolute Gasteiger partial charge is 0.494 e. The zero-order valence-electron chi connectivity index (χ0n) is 21.4. The molecular weight excluding hydrogens is 426 g/mol. The van der Waals surface area contributed by atoms with Gasteiger partial charge in [-0.05, 0) is 86.3 Å². The maximum atomic E-state index is 12.3. The first-order chi connectivity index (χ1) is 16.2. The zero-order valence-corrected chi connectivity index (χ0v) is 21.4. The first kappa shape index (κ1) is 26.0. The number of pyridine rings is 1. The number of aromatic nitrogens is 1. The number of carbonyl (C=O) groups is 1. The van der Waals surface area contributed by atoms with Gasteiger partial charge >= 0.3 is 0 Å². The number of nitrogens with one attached hydrogen (secondary N) is 1. The van der Waals surface area contributed by atoms with Gasteiger partial charge in [0, 0.05) is 30.9 Å². The van der Waals surface area contributed by atoms with Crippen LogP contribution in [0.15, 0.2) is 36.5 Å². The van der Waals surface area contributed by atoms with Gasteiger partial charge in [-0.25, -0.2) is 4.98 Å². The average Bonchev–Trinajstić information content (AvgIpc) is 2.81. The molecule has 3 rings (SSSR count). The van der Waals surface area contributed by atoms with Gasteiger partial charge in [-0.3, -0.25) is 4.79 Å². The number of nitrogens with zero attached hydrogens (tertiary/aromatic N) is 2. The van der Waals surface area contributed by atoms with Crippen LogP contribution in [-0.2, 0) is 5.41 Å². The monoisotopic (exact) mass is 467 g/mol. The van der Waals surface area contributed by atoms with Crippen molar-refractivity contribution >= 4 is 11.7 Å². The van der Waals surface area contributed by atoms with Crippen LogP contribution in [0.2, 0.25) is 0 Å². The summed E-state index contributed by atoms with van der Waals surface area (Å²) >= 11 is 0. The van der Waals surface area contributed by atoms with Crippen molar-refractivity contribution in [1.82, 2.24) is 10.3 Å². The number of carbonyl (C=O) groups excluding carboxylic acids is 1. The summed E-state index contributed by atoms with van der Waals surface area (Å²) in [7, 11) is 0. The Hall–Kier alpha value is -2.60. The van der Waals surface area contributed by atoms with Crippen molar-refractivity contribution in [2.75, 3.05) is 31.2 Å². The summed E-state index contributed by atoms with van der Waals surface area (Å²) in [5.41, 5.74) is 2.89. The predicted molar refractivity (Wildman–Crippen MR) is 138 cm³/mol. The molecule has 186 valence electrons. The molecule has 1 saturated heterocycles. The number of aliphatic hydroxyl groups excluding tert-OH is 1. The van der Waals surface area contributed by atoms with Crippen molar-refractivity contribution in [2.45, 2.75) is 71.8 Å². The van der Waals surface area contributed by atoms with Crippen molar-refractivity contribution in [3.63, 3.8) is 0 Å². The Morgan fingerprint density at radius 3 is 2.56 bits per heavy atom. The standard InChI is InChI=1S/C28H41N3O3/c1-20-17-24(9-10-25(20)27(33)30-21(2)19-32)34-16-6-7-22-12-14-31(15-13-22)26-11-8-23(18-29-26)28(3,4)5/h8-11,17-18,21-22,32H,6-7,12-16,19H2,1-5H3,(H,30,33)/t21-/m1/s1. The molecule has 0 aliphatic carbocycles. The minimum Gasteiger partial charge on any atom is -0.494 e. The Labute approximate surface area is 204 Å². The summed E-state index contributed by atoms with van der Waals surface area (Å²) in [6, 6.07) is 9.67. The van der Waals surface area contributed by atoms with Crippen LogP contribution >= 0.6 is 0 Å². The van der Waals surface area contributed by atoms with E-state index >= 15 is 0 Å². The van der Waals surface area contributed by atoms with Crippen molar-refractivity contribution in [1.29, 1.82) is 0 Å². The quantitative estimate of drug-likeness (QED) is 0.515. The van der Waals surface area contributed by atoms with E-state index in [1.807, 2.05) is 25.3 Å². The zero-order chi connectivity index (χ0) is 24.7. The average molecular weight is 468 g/mol. The van der Waals surface area contributed by atoms with E-state index < -0.39 is 0 Å². The molecule has 1 aliphatic heterocycles. The first-order valence-corrected chi connectivity index (χ1v) is 12.5. The van der Waals surface area contributed by atoms with Gasteiger partial charge in [0.05, 0.1) is 13.2 Å². The first-order valence-electron chi connectivity index (χ1n) is 12.5. The van der Waals surface area contributed by atoms with Gasteiger partial charge in [0.2, 0.25) is 0 Å². The molecule has 2 N–H and O–H groups in total. The van der Waals surface area contributed by atoms with Gasteiger partial charge in [-0.1, -0.05) is 26.8 Å². The molecule has 0 radical (unpaired) electrons. The molecular formula is C28H41N3O3. The number of aryl methyl sites for hydroxylation is 1. The molecule has 1 fully saturated rings. The Bertz CT molecular complexity index is 929. The van der Waals surface area contributed by atoms with Crippen molar-refractivity contribution in [3.8, 4) is 5.75 Å². The van der Waals surface area contributed by atoms with E-state index in [-0.39, 0.29) is 24.0 Å². The van der Waals surface area contributed by atoms with Gasteiger partial charge in [0.25, 0.3) is 5.91 Å². The number of rotatable bonds is 9. The smallest absolute Gasteiger partial charge is 0.251 e. The fraction of sp³-hybridized carbons (Fsp3) is 0.571. The lowest BCUT2D eigenvalue weighted by molar-refractivity contribution is 0.0921. The molecule has 0 saturated carbocycles. The fourth-order valence-electron chi connectivity index (χ4n) is 4.36. The van der Waals surface area contributed by atoms with E-state index in [0.29, 0.717) is 12.2 Å². The number of hydrogen-bond donors (Lipinski definition) is 2. The number of amides is 1. The van der Waals surface area contributed by atoms with Gasteiger partial charge in [0.15, 0.2) is 0 Å². The highest BCUT2D eigenvalue weighted by atomic mass is 16.5. The molecule has 1 aliphatic rings. The SMILES string of the molecule is Cc1cc(OCCCC2CCN(c3ccc(C(C)(C)C)cn3)CC2)ccc1C(=O)N[C@H](C)CO. The lowest BCUT2D eigenvalue weighted by atomic mass is 9.88. The molecule has 1 amide bonds. The summed E-state index contributed by atoms with van der Waals surface area (Å²) < 4.78 is 5.95. The molecule has 34 heavy (non-hydrogen) atoms. The Morgan fingerprint density at radius 2 is 1.97 bits per heavy atom. The second kappa shape index (κ2) is 11.7. The predicted octanol–water partition coefficient (Wildman–Crippen LogP) is 4.87. The highest BCUT2D eigenvalue weighted by Gasteiger charge is 2.21. The second-order valence-electron chi connectivity index (χ2n) is 10.6. The minimum absolute atomic E-state index is 0.0769. The summed E-state index contributed by atoms with van der Waals surface area (Å²) in [5, 5.41) is 11.9. The summed E-state index contributed by atoms with van der Waals surface area (Å²) in [4.78, 5) is 19.4. The summed E-state index contributed by atoms with van der Waals surface area (Å²) in [6.07, 6.45) is 6.60. The molecule has 0 spiro atoms. The van der Waals surface area contributed by atoms with Crippen molar-refractivity contribution in [2.24, 2.45) is 5.92 Å². The van der Waals surface area contributed by atoms with E-state index in [1.54, 1.807) is 13.0 Å². The third-order valence-corrected chi connectivity index (χ3v) is 6.67. The van der Waals surface area contributed by atoms with E-state index in [4.69, 9.17) is 14.8 Å². The third kappa shape index (κ3) is 7.20. The van der Waals surface area contributed by atoms with Crippen molar-refractivity contribution in [3.05, 3.63) is 53.2 Å². The topological polar surface area (TPSA) is 74.7 Å². The second-order valence-corrected chi connectivity index (χ2v) is 10.6. The van der Waals surface area contributed by atoms with Crippen LogP contribution in [0.25, 0.3) is 0 Å². The van der Waals surface area contributed by atoms with Gasteiger partial charge < -0.3 is 20.1 Å². The van der Waals surface area contributed by atoms with Crippen LogP contribution in [0.5, 0.6) is 5.75 Å². The van der Waals surface area contributed by atoms with Gasteiger partial charge in [-0.2, -0.15) is 0 Å². The van der Waals surface area contributed by atoms with Crippen LogP contribution in [0.4, 0.5) is 5.82 Å². The van der Waals surface area contributed by atoms with E-state index in [0.717, 1.165) is 42.6 Å². The van der Waals surface area contributed by atoms with Crippen LogP contribution in [0.1, 0.15) is 74.9 Å². The van der Waals surface area contributed by atoms with Crippen LogP contribution in [0.3, 0.4) is 0 Å². The lowest BCUT2D eigenvalue weighted by Gasteiger charge is -2.33. The van der Waals surface area contributed by atoms with Crippen LogP contribution in [-0.4, -0.2) is 48.3 Å². The molecule has 6 heteroatoms. The van der Waals surface area contributed by atoms with Crippen molar-refractivity contribution < 1.29 is 14.6 Å². The minimum atomic E-state index is -0.264. The Kier molecular flexibility index (Phi) is 8.95. The maximum Gasteiger partial charge on any atom is 0.251 e. The summed E-state index contributed by atoms with van der Waals surface area (Å²) in [6.45, 7) is 13.1. The number of benzene rings is 1. The Morgan fingerprint density at radius 1 is 1.24 bits per heavy atom. The number of ether oxygens (including phenoxy) is 1. The number of anilines is 1. The molecule has 1 atom stereocenters. The summed E-state index contributed by atoms with van der Waals surface area (Å²) in [5.74, 6) is 2.45. The number of hydrogen-bond acceptors (Lipinski definition) is 5. The molecule has 1 aromatic carbocycles. The molecule has 0 bridgehead atoms. The highest BCUT2D eigenvalue weighted by Crippen LogP contribution is 2.27. The van der Waals surface area contributed by atoms with Gasteiger partial charge in [-0.15, -0.1) is 0 Å². The maximum absolute atomic E-state index is 12.3. The molecule has 2 heterocycles. The van der Waals surface area contributed by atoms with E-state index in [2.05, 4.69) is 43.1 Å². The fourth-order valence-corrected chi connectivity index (χ4v) is 4.36. The highest BCUT2D eigenvalue weighted by molar-refractivity contribution is 5.95. The lowest BCUT2D eigenvalue weighted by Crippen LogP contribution is -2.35. The molecule has 2 aromatic rings. The van der Waals surface area contributed by atoms with E-state index in [1.165, 1.54) is 24.8 Å². The van der Waals surface area contributed by atoms with Crippen LogP contribution < -0.4 is 15.0 Å². The van der Waals surface area contributed by atoms with Gasteiger partial charge in [0.1, 0.15) is 11.6 Å².